The fraction of sp³-hybridized carbons (Fsp3) is 0.600. The predicted molar refractivity (Wildman–Crippen MR) is 130 cm³/mol. The number of nitrogens with two attached hydrogens (primary N) is 1. The maximum Gasteiger partial charge on any atom is 0.326 e. The lowest BCUT2D eigenvalue weighted by atomic mass is 9.98. The van der Waals surface area contributed by atoms with Crippen molar-refractivity contribution in [2.45, 2.75) is 77.5 Å². The number of carbonyl (C=O) groups excluding carboxylic acids is 3. The van der Waals surface area contributed by atoms with Crippen LogP contribution in [0.3, 0.4) is 0 Å². The third kappa shape index (κ3) is 7.95. The molecule has 6 N–H and O–H groups in total. The maximum atomic E-state index is 13.2. The molecule has 1 heterocycles. The normalized spacial score (nSPS) is 18.3. The highest BCUT2D eigenvalue weighted by molar-refractivity contribution is 5.94. The molecule has 3 amide bonds. The highest BCUT2D eigenvalue weighted by atomic mass is 16.4. The Hall–Kier alpha value is -3.14. The summed E-state index contributed by atoms with van der Waals surface area (Å²) in [6.07, 6.45) is 1.53. The van der Waals surface area contributed by atoms with E-state index in [4.69, 9.17) is 5.73 Å². The van der Waals surface area contributed by atoms with Crippen molar-refractivity contribution < 1.29 is 29.4 Å². The van der Waals surface area contributed by atoms with Crippen LogP contribution in [0.4, 0.5) is 0 Å². The van der Waals surface area contributed by atoms with Crippen molar-refractivity contribution in [1.82, 2.24) is 15.5 Å². The number of rotatable bonds is 11. The molecule has 0 saturated carbocycles. The Morgan fingerprint density at radius 3 is 2.23 bits per heavy atom. The summed E-state index contributed by atoms with van der Waals surface area (Å²) in [6, 6.07) is 2.72. The van der Waals surface area contributed by atoms with Gasteiger partial charge in [-0.25, -0.2) is 4.79 Å². The largest absolute Gasteiger partial charge is 0.508 e. The number of benzene rings is 1. The smallest absolute Gasteiger partial charge is 0.326 e. The molecule has 10 nitrogen and oxygen atoms in total. The maximum absolute atomic E-state index is 13.2. The summed E-state index contributed by atoms with van der Waals surface area (Å²) in [5, 5.41) is 24.3. The van der Waals surface area contributed by atoms with Gasteiger partial charge in [-0.1, -0.05) is 39.8 Å². The number of aliphatic carboxylic acids is 1. The fourth-order valence-electron chi connectivity index (χ4n) is 4.19. The van der Waals surface area contributed by atoms with Crippen molar-refractivity contribution >= 4 is 23.7 Å². The van der Waals surface area contributed by atoms with Crippen molar-refractivity contribution in [2.75, 3.05) is 6.54 Å². The Morgan fingerprint density at radius 1 is 1.06 bits per heavy atom. The summed E-state index contributed by atoms with van der Waals surface area (Å²) in [5.74, 6) is -2.61. The molecule has 1 fully saturated rings. The lowest BCUT2D eigenvalue weighted by Gasteiger charge is -2.31. The molecule has 4 unspecified atom stereocenters. The van der Waals surface area contributed by atoms with Crippen LogP contribution in [0, 0.1) is 11.8 Å². The van der Waals surface area contributed by atoms with Crippen LogP contribution in [0.25, 0.3) is 0 Å². The number of phenols is 1. The number of nitrogens with zero attached hydrogens (tertiary/aromatic N) is 1. The van der Waals surface area contributed by atoms with Gasteiger partial charge in [-0.15, -0.1) is 0 Å². The van der Waals surface area contributed by atoms with E-state index in [1.54, 1.807) is 26.0 Å². The number of carboxylic acid groups (broad SMARTS) is 1. The molecule has 0 spiro atoms. The standard InChI is InChI=1S/C25H38N4O6/c1-14(2)12-19(27-22(31)18(26)13-16-7-9-17(30)10-8-16)23(32)28-21(15(3)4)24(33)29-11-5-6-20(29)25(34)35/h7-10,14-15,18-21,30H,5-6,11-13,26H2,1-4H3,(H,27,31)(H,28,32)(H,34,35). The third-order valence-corrected chi connectivity index (χ3v) is 6.12. The van der Waals surface area contributed by atoms with E-state index in [2.05, 4.69) is 10.6 Å². The number of carboxylic acids is 1. The molecule has 1 aromatic rings. The summed E-state index contributed by atoms with van der Waals surface area (Å²) in [7, 11) is 0. The summed E-state index contributed by atoms with van der Waals surface area (Å²) in [5.41, 5.74) is 6.83. The lowest BCUT2D eigenvalue weighted by molar-refractivity contribution is -0.150. The molecule has 1 saturated heterocycles. The van der Waals surface area contributed by atoms with Gasteiger partial charge in [0.1, 0.15) is 23.9 Å². The Bertz CT molecular complexity index is 902. The van der Waals surface area contributed by atoms with E-state index in [-0.39, 0.29) is 24.0 Å². The van der Waals surface area contributed by atoms with E-state index < -0.39 is 47.9 Å². The minimum Gasteiger partial charge on any atom is -0.508 e. The molecule has 1 aliphatic rings. The zero-order valence-electron chi connectivity index (χ0n) is 20.9. The topological polar surface area (TPSA) is 162 Å². The SMILES string of the molecule is CC(C)CC(NC(=O)C(N)Cc1ccc(O)cc1)C(=O)NC(C(=O)N1CCCC1C(=O)O)C(C)C. The van der Waals surface area contributed by atoms with Gasteiger partial charge < -0.3 is 31.5 Å². The molecule has 0 aromatic heterocycles. The third-order valence-electron chi connectivity index (χ3n) is 6.12. The van der Waals surface area contributed by atoms with Gasteiger partial charge in [0.25, 0.3) is 0 Å². The Morgan fingerprint density at radius 2 is 1.69 bits per heavy atom. The van der Waals surface area contributed by atoms with E-state index in [1.807, 2.05) is 13.8 Å². The molecule has 4 atom stereocenters. The number of aromatic hydroxyl groups is 1. The number of likely N-dealkylation sites (tertiary alicyclic amines) is 1. The summed E-state index contributed by atoms with van der Waals surface area (Å²) in [6.45, 7) is 7.70. The number of hydrogen-bond acceptors (Lipinski definition) is 6. The minimum atomic E-state index is -1.06. The lowest BCUT2D eigenvalue weighted by Crippen LogP contribution is -2.58. The number of amides is 3. The zero-order chi connectivity index (χ0) is 26.3. The zero-order valence-corrected chi connectivity index (χ0v) is 20.9. The second kappa shape index (κ2) is 12.5. The van der Waals surface area contributed by atoms with Gasteiger partial charge >= 0.3 is 5.97 Å². The fourth-order valence-corrected chi connectivity index (χ4v) is 4.19. The van der Waals surface area contributed by atoms with E-state index in [1.165, 1.54) is 17.0 Å². The van der Waals surface area contributed by atoms with Crippen molar-refractivity contribution in [3.63, 3.8) is 0 Å². The first kappa shape index (κ1) is 28.1. The number of carbonyl (C=O) groups is 4. The first-order valence-corrected chi connectivity index (χ1v) is 12.1. The van der Waals surface area contributed by atoms with Crippen LogP contribution >= 0.6 is 0 Å². The summed E-state index contributed by atoms with van der Waals surface area (Å²) < 4.78 is 0. The Kier molecular flexibility index (Phi) is 10.1. The number of hydrogen-bond donors (Lipinski definition) is 5. The van der Waals surface area contributed by atoms with Gasteiger partial charge in [0.15, 0.2) is 0 Å². The number of phenolic OH excluding ortho intramolecular Hbond substituents is 1. The summed E-state index contributed by atoms with van der Waals surface area (Å²) in [4.78, 5) is 52.0. The van der Waals surface area contributed by atoms with Crippen molar-refractivity contribution in [1.29, 1.82) is 0 Å². The Balaban J connectivity index is 2.10. The quantitative estimate of drug-likeness (QED) is 0.309. The monoisotopic (exact) mass is 490 g/mol. The van der Waals surface area contributed by atoms with E-state index in [0.29, 0.717) is 25.8 Å². The highest BCUT2D eigenvalue weighted by Crippen LogP contribution is 2.20. The second-order valence-corrected chi connectivity index (χ2v) is 9.93. The van der Waals surface area contributed by atoms with Crippen LogP contribution in [0.1, 0.15) is 52.5 Å². The first-order valence-electron chi connectivity index (χ1n) is 12.1. The van der Waals surface area contributed by atoms with E-state index in [9.17, 15) is 29.4 Å². The highest BCUT2D eigenvalue weighted by Gasteiger charge is 2.39. The number of nitrogens with one attached hydrogen (secondary N) is 2. The summed E-state index contributed by atoms with van der Waals surface area (Å²) >= 11 is 0. The van der Waals surface area contributed by atoms with Gasteiger partial charge in [-0.2, -0.15) is 0 Å². The molecular formula is C25H38N4O6. The van der Waals surface area contributed by atoms with Crippen LogP contribution in [0.5, 0.6) is 5.75 Å². The van der Waals surface area contributed by atoms with Crippen LogP contribution < -0.4 is 16.4 Å². The molecular weight excluding hydrogens is 452 g/mol. The van der Waals surface area contributed by atoms with Crippen LogP contribution in [0.2, 0.25) is 0 Å². The first-order chi connectivity index (χ1) is 16.4. The van der Waals surface area contributed by atoms with Crippen LogP contribution in [0.15, 0.2) is 24.3 Å². The van der Waals surface area contributed by atoms with Crippen molar-refractivity contribution in [3.8, 4) is 5.75 Å². The molecule has 0 radical (unpaired) electrons. The predicted octanol–water partition coefficient (Wildman–Crippen LogP) is 1.01. The molecule has 1 aliphatic heterocycles. The molecule has 1 aromatic carbocycles. The Labute approximate surface area is 206 Å². The minimum absolute atomic E-state index is 0.0718. The van der Waals surface area contributed by atoms with Crippen molar-refractivity contribution in [3.05, 3.63) is 29.8 Å². The molecule has 0 aliphatic carbocycles. The molecule has 194 valence electrons. The second-order valence-electron chi connectivity index (χ2n) is 9.93. The van der Waals surface area contributed by atoms with Gasteiger partial charge in [-0.3, -0.25) is 14.4 Å². The van der Waals surface area contributed by atoms with Gasteiger partial charge in [0.05, 0.1) is 6.04 Å². The average Bonchev–Trinajstić information content (AvgIpc) is 3.27. The average molecular weight is 491 g/mol. The molecule has 2 rings (SSSR count). The van der Waals surface area contributed by atoms with E-state index >= 15 is 0 Å². The van der Waals surface area contributed by atoms with Gasteiger partial charge in [0, 0.05) is 6.54 Å². The van der Waals surface area contributed by atoms with Gasteiger partial charge in [-0.05, 0) is 55.2 Å². The van der Waals surface area contributed by atoms with Crippen LogP contribution in [-0.4, -0.2) is 69.5 Å². The van der Waals surface area contributed by atoms with Crippen LogP contribution in [-0.2, 0) is 25.6 Å². The van der Waals surface area contributed by atoms with Crippen molar-refractivity contribution in [2.24, 2.45) is 17.6 Å². The van der Waals surface area contributed by atoms with Gasteiger partial charge in [0.2, 0.25) is 17.7 Å². The molecule has 10 heteroatoms. The molecule has 0 bridgehead atoms. The molecule has 35 heavy (non-hydrogen) atoms. The van der Waals surface area contributed by atoms with E-state index in [0.717, 1.165) is 5.56 Å².